The van der Waals surface area contributed by atoms with E-state index in [9.17, 15) is 9.59 Å². The van der Waals surface area contributed by atoms with Gasteiger partial charge in [0, 0.05) is 0 Å². The second-order valence-corrected chi connectivity index (χ2v) is 5.48. The van der Waals surface area contributed by atoms with Crippen molar-refractivity contribution in [3.63, 3.8) is 0 Å². The fraction of sp³-hybridized carbons (Fsp3) is 0.333. The molecule has 2 bridgehead atoms. The summed E-state index contributed by atoms with van der Waals surface area (Å²) in [6, 6.07) is 9.10. The summed E-state index contributed by atoms with van der Waals surface area (Å²) in [5.74, 6) is -1.02. The van der Waals surface area contributed by atoms with E-state index in [1.165, 1.54) is 4.90 Å². The second-order valence-electron chi connectivity index (χ2n) is 5.48. The summed E-state index contributed by atoms with van der Waals surface area (Å²) in [4.78, 5) is 26.4. The van der Waals surface area contributed by atoms with Gasteiger partial charge in [-0.15, -0.1) is 0 Å². The Morgan fingerprint density at radius 1 is 1.16 bits per heavy atom. The number of carbonyl (C=O) groups excluding carboxylic acids is 2. The quantitative estimate of drug-likeness (QED) is 0.564. The van der Waals surface area contributed by atoms with Gasteiger partial charge in [0.2, 0.25) is 11.8 Å². The number of ether oxygens (including phenoxy) is 1. The second kappa shape index (κ2) is 3.33. The smallest absolute Gasteiger partial charge is 0.241 e. The summed E-state index contributed by atoms with van der Waals surface area (Å²) in [6.45, 7) is 1.88. The molecule has 4 rings (SSSR count). The molecule has 3 aliphatic rings. The van der Waals surface area contributed by atoms with E-state index in [2.05, 4.69) is 0 Å². The van der Waals surface area contributed by atoms with Gasteiger partial charge in [0.15, 0.2) is 0 Å². The van der Waals surface area contributed by atoms with Crippen LogP contribution in [0.2, 0.25) is 0 Å². The first-order chi connectivity index (χ1) is 9.12. The number of benzene rings is 1. The molecule has 4 atom stereocenters. The van der Waals surface area contributed by atoms with Crippen LogP contribution in [0.1, 0.15) is 6.92 Å². The number of rotatable bonds is 1. The highest BCUT2D eigenvalue weighted by molar-refractivity contribution is 6.23. The van der Waals surface area contributed by atoms with Crippen molar-refractivity contribution >= 4 is 17.5 Å². The first-order valence-electron chi connectivity index (χ1n) is 6.42. The van der Waals surface area contributed by atoms with Gasteiger partial charge in [-0.1, -0.05) is 30.4 Å². The van der Waals surface area contributed by atoms with Crippen molar-refractivity contribution in [3.8, 4) is 0 Å². The Kier molecular flexibility index (Phi) is 1.92. The molecule has 0 saturated carbocycles. The summed E-state index contributed by atoms with van der Waals surface area (Å²) in [7, 11) is 0. The van der Waals surface area contributed by atoms with E-state index >= 15 is 0 Å². The molecule has 2 saturated heterocycles. The highest BCUT2D eigenvalue weighted by Crippen LogP contribution is 2.52. The van der Waals surface area contributed by atoms with Gasteiger partial charge in [-0.2, -0.15) is 0 Å². The van der Waals surface area contributed by atoms with Gasteiger partial charge in [0.25, 0.3) is 0 Å². The summed E-state index contributed by atoms with van der Waals surface area (Å²) in [5, 5.41) is 0. The van der Waals surface area contributed by atoms with Crippen LogP contribution in [-0.2, 0) is 14.3 Å². The minimum Gasteiger partial charge on any atom is -0.362 e. The van der Waals surface area contributed by atoms with Crippen molar-refractivity contribution in [1.29, 1.82) is 0 Å². The van der Waals surface area contributed by atoms with Crippen LogP contribution < -0.4 is 4.90 Å². The molecule has 1 aromatic rings. The molecule has 0 radical (unpaired) electrons. The van der Waals surface area contributed by atoms with Crippen LogP contribution in [0.3, 0.4) is 0 Å². The van der Waals surface area contributed by atoms with Crippen molar-refractivity contribution < 1.29 is 14.3 Å². The first-order valence-corrected chi connectivity index (χ1v) is 6.42. The molecule has 0 aliphatic carbocycles. The van der Waals surface area contributed by atoms with Crippen molar-refractivity contribution in [2.75, 3.05) is 4.90 Å². The van der Waals surface area contributed by atoms with Crippen LogP contribution in [0.15, 0.2) is 42.5 Å². The summed E-state index contributed by atoms with van der Waals surface area (Å²) in [6.07, 6.45) is 3.57. The average Bonchev–Trinajstić information content (AvgIpc) is 3.00. The average molecular weight is 255 g/mol. The van der Waals surface area contributed by atoms with Gasteiger partial charge >= 0.3 is 0 Å². The molecule has 0 unspecified atom stereocenters. The highest BCUT2D eigenvalue weighted by atomic mass is 16.5. The number of hydrogen-bond acceptors (Lipinski definition) is 3. The summed E-state index contributed by atoms with van der Waals surface area (Å²) >= 11 is 0. The molecule has 3 heterocycles. The number of amides is 2. The molecular formula is C15H13NO3. The van der Waals surface area contributed by atoms with Crippen LogP contribution in [0.25, 0.3) is 0 Å². The van der Waals surface area contributed by atoms with Crippen molar-refractivity contribution in [2.24, 2.45) is 11.8 Å². The predicted octanol–water partition coefficient (Wildman–Crippen LogP) is 1.52. The largest absolute Gasteiger partial charge is 0.362 e. The zero-order valence-corrected chi connectivity index (χ0v) is 10.4. The fourth-order valence-corrected chi connectivity index (χ4v) is 3.48. The van der Waals surface area contributed by atoms with Crippen molar-refractivity contribution in [1.82, 2.24) is 0 Å². The third-order valence-electron chi connectivity index (χ3n) is 4.34. The van der Waals surface area contributed by atoms with Crippen LogP contribution in [0, 0.1) is 11.8 Å². The van der Waals surface area contributed by atoms with E-state index < -0.39 is 5.60 Å². The lowest BCUT2D eigenvalue weighted by Gasteiger charge is -2.24. The van der Waals surface area contributed by atoms with E-state index in [0.29, 0.717) is 5.69 Å². The number of imide groups is 1. The molecular weight excluding hydrogens is 242 g/mol. The normalized spacial score (nSPS) is 39.2. The zero-order valence-electron chi connectivity index (χ0n) is 10.4. The first kappa shape index (κ1) is 10.9. The Hall–Kier alpha value is -1.94. The molecule has 4 heteroatoms. The van der Waals surface area contributed by atoms with E-state index in [4.69, 9.17) is 4.74 Å². The number of anilines is 1. The van der Waals surface area contributed by atoms with Crippen molar-refractivity contribution in [2.45, 2.75) is 18.6 Å². The molecule has 2 amide bonds. The summed E-state index contributed by atoms with van der Waals surface area (Å²) < 4.78 is 5.77. The number of nitrogens with zero attached hydrogens (tertiary/aromatic N) is 1. The Morgan fingerprint density at radius 2 is 1.89 bits per heavy atom. The molecule has 96 valence electrons. The topological polar surface area (TPSA) is 46.6 Å². The minimum absolute atomic E-state index is 0.140. The number of fused-ring (bicyclic) bond motifs is 5. The van der Waals surface area contributed by atoms with Crippen LogP contribution in [0.5, 0.6) is 0 Å². The summed E-state index contributed by atoms with van der Waals surface area (Å²) in [5.41, 5.74) is 0.0286. The minimum atomic E-state index is -0.619. The third kappa shape index (κ3) is 1.22. The maximum Gasteiger partial charge on any atom is 0.241 e. The fourth-order valence-electron chi connectivity index (χ4n) is 3.48. The molecule has 3 aliphatic heterocycles. The molecule has 19 heavy (non-hydrogen) atoms. The molecule has 1 aromatic carbocycles. The van der Waals surface area contributed by atoms with Gasteiger partial charge in [-0.05, 0) is 19.1 Å². The van der Waals surface area contributed by atoms with Crippen LogP contribution in [0.4, 0.5) is 5.69 Å². The standard InChI is InChI=1S/C15H13NO3/c1-15-8-7-10(19-15)11-12(15)14(18)16(13(11)17)9-5-3-2-4-6-9/h2-8,10-12H,1H3/t10-,11+,12-,15-/m1/s1. The lowest BCUT2D eigenvalue weighted by atomic mass is 9.78. The lowest BCUT2D eigenvalue weighted by molar-refractivity contribution is -0.126. The van der Waals surface area contributed by atoms with Crippen LogP contribution >= 0.6 is 0 Å². The van der Waals surface area contributed by atoms with Gasteiger partial charge < -0.3 is 4.74 Å². The number of para-hydroxylation sites is 1. The lowest BCUT2D eigenvalue weighted by Crippen LogP contribution is -2.38. The van der Waals surface area contributed by atoms with E-state index in [1.54, 1.807) is 12.1 Å². The molecule has 0 N–H and O–H groups in total. The predicted molar refractivity (Wildman–Crippen MR) is 68.3 cm³/mol. The zero-order chi connectivity index (χ0) is 13.2. The maximum atomic E-state index is 12.6. The SMILES string of the molecule is C[C@]12C=C[C@@H](O1)[C@@H]1C(=O)N(c3ccccc3)C(=O)[C@@H]12. The van der Waals surface area contributed by atoms with Gasteiger partial charge in [-0.25, -0.2) is 4.90 Å². The number of carbonyl (C=O) groups is 2. The van der Waals surface area contributed by atoms with E-state index in [0.717, 1.165) is 0 Å². The van der Waals surface area contributed by atoms with Gasteiger partial charge in [0.1, 0.15) is 0 Å². The van der Waals surface area contributed by atoms with Gasteiger partial charge in [0.05, 0.1) is 29.2 Å². The van der Waals surface area contributed by atoms with Gasteiger partial charge in [-0.3, -0.25) is 9.59 Å². The third-order valence-corrected chi connectivity index (χ3v) is 4.34. The van der Waals surface area contributed by atoms with E-state index in [-0.39, 0.29) is 29.8 Å². The Morgan fingerprint density at radius 3 is 2.58 bits per heavy atom. The molecule has 0 aromatic heterocycles. The number of hydrogen-bond donors (Lipinski definition) is 0. The highest BCUT2D eigenvalue weighted by Gasteiger charge is 2.65. The Balaban J connectivity index is 1.80. The molecule has 4 nitrogen and oxygen atoms in total. The monoisotopic (exact) mass is 255 g/mol. The Bertz CT molecular complexity index is 609. The molecule has 0 spiro atoms. The molecule has 2 fully saturated rings. The van der Waals surface area contributed by atoms with Crippen LogP contribution in [-0.4, -0.2) is 23.5 Å². The van der Waals surface area contributed by atoms with Crippen molar-refractivity contribution in [3.05, 3.63) is 42.5 Å². The van der Waals surface area contributed by atoms with E-state index in [1.807, 2.05) is 37.3 Å². The Labute approximate surface area is 110 Å². The maximum absolute atomic E-state index is 12.6.